The van der Waals surface area contributed by atoms with E-state index in [0.717, 1.165) is 75.1 Å². The average Bonchev–Trinajstić information content (AvgIpc) is 3.27. The van der Waals surface area contributed by atoms with E-state index in [2.05, 4.69) is 30.3 Å². The van der Waals surface area contributed by atoms with Gasteiger partial charge in [-0.1, -0.05) is 0 Å². The van der Waals surface area contributed by atoms with Crippen molar-refractivity contribution in [1.82, 2.24) is 20.1 Å². The normalized spacial score (nSPS) is 18.5. The third-order valence-electron chi connectivity index (χ3n) is 8.49. The lowest BCUT2D eigenvalue weighted by Crippen LogP contribution is -2.49. The first kappa shape index (κ1) is 29.2. The molecule has 2 fully saturated rings. The largest absolute Gasteiger partial charge is 0.369 e. The Hall–Kier alpha value is -4.32. The Balaban J connectivity index is 1.13. The molecule has 4 heterocycles. The van der Waals surface area contributed by atoms with Crippen molar-refractivity contribution in [2.75, 3.05) is 68.0 Å². The summed E-state index contributed by atoms with van der Waals surface area (Å²) in [7, 11) is 1.45. The Morgan fingerprint density at radius 2 is 1.71 bits per heavy atom. The Morgan fingerprint density at radius 1 is 0.976 bits per heavy atom. The van der Waals surface area contributed by atoms with Crippen molar-refractivity contribution in [3.05, 3.63) is 47.7 Å². The van der Waals surface area contributed by atoms with Crippen LogP contribution in [0.5, 0.6) is 0 Å². The summed E-state index contributed by atoms with van der Waals surface area (Å²) in [5.74, 6) is 0.0872. The molecule has 0 saturated carbocycles. The van der Waals surface area contributed by atoms with Gasteiger partial charge in [-0.05, 0) is 55.5 Å². The second-order valence-corrected chi connectivity index (χ2v) is 11.0. The number of hydrogen-bond donors (Lipinski definition) is 2. The molecule has 222 valence electrons. The van der Waals surface area contributed by atoms with Crippen molar-refractivity contribution in [3.63, 3.8) is 0 Å². The van der Waals surface area contributed by atoms with Crippen LogP contribution >= 0.6 is 0 Å². The van der Waals surface area contributed by atoms with Gasteiger partial charge in [0.05, 0.1) is 23.0 Å². The highest BCUT2D eigenvalue weighted by molar-refractivity contribution is 6.23. The average molecular weight is 576 g/mol. The number of nitrogens with one attached hydrogen (secondary N) is 2. The maximum Gasteiger partial charge on any atom is 0.262 e. The number of rotatable bonds is 11. The molecule has 3 aliphatic heterocycles. The zero-order chi connectivity index (χ0) is 29.6. The summed E-state index contributed by atoms with van der Waals surface area (Å²) in [5, 5.41) is 5.11. The second kappa shape index (κ2) is 13.1. The molecule has 4 amide bonds. The van der Waals surface area contributed by atoms with Gasteiger partial charge in [0.15, 0.2) is 0 Å². The molecule has 1 aromatic heterocycles. The molecular formula is C30H37N7O5. The molecule has 0 radical (unpaired) electrons. The Morgan fingerprint density at radius 3 is 2.36 bits per heavy atom. The molecule has 0 aliphatic carbocycles. The summed E-state index contributed by atoms with van der Waals surface area (Å²) in [4.78, 5) is 72.8. The first-order valence-electron chi connectivity index (χ1n) is 14.5. The lowest BCUT2D eigenvalue weighted by molar-refractivity contribution is -0.124. The van der Waals surface area contributed by atoms with Crippen molar-refractivity contribution in [1.29, 1.82) is 0 Å². The number of hydrogen-bond acceptors (Lipinski definition) is 9. The van der Waals surface area contributed by atoms with Gasteiger partial charge in [-0.15, -0.1) is 0 Å². The van der Waals surface area contributed by atoms with Gasteiger partial charge in [-0.2, -0.15) is 0 Å². The van der Waals surface area contributed by atoms with Crippen LogP contribution in [0.25, 0.3) is 0 Å². The first-order chi connectivity index (χ1) is 20.4. The van der Waals surface area contributed by atoms with Gasteiger partial charge in [0.25, 0.3) is 11.8 Å². The summed E-state index contributed by atoms with van der Waals surface area (Å²) in [6.07, 6.45) is 5.36. The Kier molecular flexibility index (Phi) is 9.11. The molecule has 2 saturated heterocycles. The van der Waals surface area contributed by atoms with Gasteiger partial charge in [0.1, 0.15) is 18.1 Å². The lowest BCUT2D eigenvalue weighted by atomic mass is 9.96. The molecule has 2 aromatic rings. The van der Waals surface area contributed by atoms with Crippen LogP contribution in [0.2, 0.25) is 0 Å². The van der Waals surface area contributed by atoms with E-state index < -0.39 is 23.8 Å². The maximum atomic E-state index is 13.3. The van der Waals surface area contributed by atoms with E-state index in [1.165, 1.54) is 7.05 Å². The molecule has 1 aromatic carbocycles. The molecule has 42 heavy (non-hydrogen) atoms. The molecule has 1 atom stereocenters. The monoisotopic (exact) mass is 575 g/mol. The number of imide groups is 1. The van der Waals surface area contributed by atoms with Gasteiger partial charge in [-0.25, -0.2) is 4.98 Å². The predicted octanol–water partition coefficient (Wildman–Crippen LogP) is 1.38. The molecule has 3 aliphatic rings. The number of aldehydes is 1. The van der Waals surface area contributed by atoms with E-state index >= 15 is 0 Å². The van der Waals surface area contributed by atoms with Crippen LogP contribution in [0.1, 0.15) is 46.4 Å². The van der Waals surface area contributed by atoms with Crippen molar-refractivity contribution >= 4 is 47.6 Å². The standard InChI is InChI=1S/C30H37N7O5/c1-31-28(40)26(3-2-16-38)37-29(41)24-6-5-23(17-25(24)30(37)42)35-14-12-34(13-15-35)19-21-8-10-36(11-9-21)27-7-4-22(18-32-27)33-20-39/h4-7,16-18,20-21,26H,2-3,8-15,19H2,1H3,(H,31,40)(H,33,39). The quantitative estimate of drug-likeness (QED) is 0.301. The molecule has 0 bridgehead atoms. The summed E-state index contributed by atoms with van der Waals surface area (Å²) >= 11 is 0. The molecule has 12 nitrogen and oxygen atoms in total. The third kappa shape index (κ3) is 6.13. The van der Waals surface area contributed by atoms with Gasteiger partial charge in [0.2, 0.25) is 12.3 Å². The fourth-order valence-electron chi connectivity index (χ4n) is 6.12. The van der Waals surface area contributed by atoms with Crippen LogP contribution in [-0.2, 0) is 14.4 Å². The highest BCUT2D eigenvalue weighted by Gasteiger charge is 2.42. The number of nitrogens with zero attached hydrogens (tertiary/aromatic N) is 5. The van der Waals surface area contributed by atoms with Crippen molar-refractivity contribution in [2.45, 2.75) is 31.7 Å². The minimum Gasteiger partial charge on any atom is -0.369 e. The third-order valence-corrected chi connectivity index (χ3v) is 8.49. The number of benzene rings is 1. The molecule has 0 spiro atoms. The Bertz CT molecular complexity index is 1320. The number of amides is 4. The van der Waals surface area contributed by atoms with E-state index in [9.17, 15) is 24.0 Å². The highest BCUT2D eigenvalue weighted by atomic mass is 16.2. The lowest BCUT2D eigenvalue weighted by Gasteiger charge is -2.40. The summed E-state index contributed by atoms with van der Waals surface area (Å²) in [5.41, 5.74) is 2.16. The minimum absolute atomic E-state index is 0.0759. The van der Waals surface area contributed by atoms with Gasteiger partial charge in [-0.3, -0.25) is 29.0 Å². The SMILES string of the molecule is CNC(=O)C(CCC=O)N1C(=O)c2ccc(N3CCN(CC4CCN(c5ccc(NC=O)cn5)CC4)CC3)cc2C1=O. The summed E-state index contributed by atoms with van der Waals surface area (Å²) < 4.78 is 0. The van der Waals surface area contributed by atoms with E-state index in [4.69, 9.17) is 0 Å². The minimum atomic E-state index is -1.02. The molecule has 5 rings (SSSR count). The number of pyridine rings is 1. The van der Waals surface area contributed by atoms with Crippen LogP contribution in [0.15, 0.2) is 36.5 Å². The van der Waals surface area contributed by atoms with Crippen LogP contribution in [0, 0.1) is 5.92 Å². The van der Waals surface area contributed by atoms with E-state index in [-0.39, 0.29) is 18.4 Å². The zero-order valence-corrected chi connectivity index (χ0v) is 23.8. The number of piperidine rings is 1. The maximum absolute atomic E-state index is 13.3. The highest BCUT2D eigenvalue weighted by Crippen LogP contribution is 2.31. The van der Waals surface area contributed by atoms with Crippen LogP contribution < -0.4 is 20.4 Å². The van der Waals surface area contributed by atoms with Crippen LogP contribution in [-0.4, -0.2) is 104 Å². The number of fused-ring (bicyclic) bond motifs is 1. The van der Waals surface area contributed by atoms with Crippen LogP contribution in [0.3, 0.4) is 0 Å². The van der Waals surface area contributed by atoms with Crippen molar-refractivity contribution < 1.29 is 24.0 Å². The second-order valence-electron chi connectivity index (χ2n) is 11.0. The molecule has 2 N–H and O–H groups in total. The van der Waals surface area contributed by atoms with Gasteiger partial charge < -0.3 is 25.2 Å². The van der Waals surface area contributed by atoms with Gasteiger partial charge >= 0.3 is 0 Å². The molecule has 12 heteroatoms. The first-order valence-corrected chi connectivity index (χ1v) is 14.5. The fraction of sp³-hybridized carbons (Fsp3) is 0.467. The fourth-order valence-corrected chi connectivity index (χ4v) is 6.12. The summed E-state index contributed by atoms with van der Waals surface area (Å²) in [6.45, 7) is 6.40. The van der Waals surface area contributed by atoms with Crippen LogP contribution in [0.4, 0.5) is 17.2 Å². The van der Waals surface area contributed by atoms with Crippen molar-refractivity contribution in [3.8, 4) is 0 Å². The molecular weight excluding hydrogens is 538 g/mol. The predicted molar refractivity (Wildman–Crippen MR) is 158 cm³/mol. The Labute approximate surface area is 245 Å². The van der Waals surface area contributed by atoms with Crippen molar-refractivity contribution in [2.24, 2.45) is 5.92 Å². The number of carbonyl (C=O) groups excluding carboxylic acids is 5. The number of aromatic nitrogens is 1. The summed E-state index contributed by atoms with van der Waals surface area (Å²) in [6, 6.07) is 8.09. The number of anilines is 3. The van der Waals surface area contributed by atoms with E-state index in [0.29, 0.717) is 29.9 Å². The zero-order valence-electron chi connectivity index (χ0n) is 23.8. The van der Waals surface area contributed by atoms with Gasteiger partial charge in [0, 0.05) is 65.0 Å². The number of piperazine rings is 1. The number of carbonyl (C=O) groups is 5. The van der Waals surface area contributed by atoms with E-state index in [1.54, 1.807) is 18.3 Å². The smallest absolute Gasteiger partial charge is 0.262 e. The number of likely N-dealkylation sites (N-methyl/N-ethyl adjacent to an activating group) is 1. The topological polar surface area (TPSA) is 135 Å². The molecule has 1 unspecified atom stereocenters. The van der Waals surface area contributed by atoms with E-state index in [1.807, 2.05) is 18.2 Å².